The van der Waals surface area contributed by atoms with E-state index >= 15 is 0 Å². The van der Waals surface area contributed by atoms with Crippen molar-refractivity contribution >= 4 is 0 Å². The molecule has 0 amide bonds. The molecular weight excluding hydrogens is 436 g/mol. The van der Waals surface area contributed by atoms with Gasteiger partial charge >= 0.3 is 0 Å². The maximum Gasteiger partial charge on any atom is 0.0540 e. The standard InChI is InChI=1S/C31H64O4/c32-28-22-16-10-14-20-26-30(34)24-18-12-8-6-4-2-1-3-5-7-9-13-19-25-31(35)27-21-15-11-17-23-29-33/h30-35H,1-29H2. The average Bonchev–Trinajstić information content (AvgIpc) is 2.85. The highest BCUT2D eigenvalue weighted by Crippen LogP contribution is 2.16. The van der Waals surface area contributed by atoms with Gasteiger partial charge in [-0.1, -0.05) is 135 Å². The smallest absolute Gasteiger partial charge is 0.0540 e. The number of unbranched alkanes of at least 4 members (excludes halogenated alkanes) is 20. The van der Waals surface area contributed by atoms with Gasteiger partial charge in [0.1, 0.15) is 0 Å². The molecule has 0 bridgehead atoms. The SMILES string of the molecule is OCCCCCCCC(O)CCCCCCCCCCCCCCCC(O)CCCCCCCO. The summed E-state index contributed by atoms with van der Waals surface area (Å²) < 4.78 is 0. The zero-order chi connectivity index (χ0) is 25.7. The second-order valence-corrected chi connectivity index (χ2v) is 11.0. The molecule has 0 aromatic rings. The molecule has 4 N–H and O–H groups in total. The first-order valence-electron chi connectivity index (χ1n) is 15.8. The van der Waals surface area contributed by atoms with Crippen molar-refractivity contribution < 1.29 is 20.4 Å². The minimum absolute atomic E-state index is 0.101. The van der Waals surface area contributed by atoms with Gasteiger partial charge in [0.2, 0.25) is 0 Å². The molecule has 0 spiro atoms. The van der Waals surface area contributed by atoms with Crippen molar-refractivity contribution in [2.24, 2.45) is 0 Å². The fourth-order valence-corrected chi connectivity index (χ4v) is 5.04. The topological polar surface area (TPSA) is 80.9 Å². The number of hydrogen-bond acceptors (Lipinski definition) is 4. The molecule has 0 heterocycles. The van der Waals surface area contributed by atoms with E-state index < -0.39 is 0 Å². The van der Waals surface area contributed by atoms with Crippen molar-refractivity contribution in [2.45, 2.75) is 186 Å². The van der Waals surface area contributed by atoms with Crippen LogP contribution in [-0.4, -0.2) is 45.8 Å². The monoisotopic (exact) mass is 500 g/mol. The lowest BCUT2D eigenvalue weighted by molar-refractivity contribution is 0.146. The Balaban J connectivity index is 3.17. The van der Waals surface area contributed by atoms with Crippen LogP contribution in [-0.2, 0) is 0 Å². The second-order valence-electron chi connectivity index (χ2n) is 11.0. The molecule has 2 unspecified atom stereocenters. The molecule has 0 aromatic carbocycles. The molecule has 0 radical (unpaired) electrons. The molecule has 0 aliphatic carbocycles. The number of hydrogen-bond donors (Lipinski definition) is 4. The van der Waals surface area contributed by atoms with Gasteiger partial charge in [0.25, 0.3) is 0 Å². The molecule has 2 atom stereocenters. The van der Waals surface area contributed by atoms with Gasteiger partial charge in [-0.25, -0.2) is 0 Å². The van der Waals surface area contributed by atoms with Crippen molar-refractivity contribution in [2.75, 3.05) is 13.2 Å². The highest BCUT2D eigenvalue weighted by atomic mass is 16.3. The van der Waals surface area contributed by atoms with Gasteiger partial charge in [-0.2, -0.15) is 0 Å². The van der Waals surface area contributed by atoms with Crippen LogP contribution in [0, 0.1) is 0 Å². The van der Waals surface area contributed by atoms with Crippen molar-refractivity contribution in [1.82, 2.24) is 0 Å². The summed E-state index contributed by atoms with van der Waals surface area (Å²) >= 11 is 0. The highest BCUT2D eigenvalue weighted by Gasteiger charge is 2.05. The van der Waals surface area contributed by atoms with Gasteiger partial charge in [0.15, 0.2) is 0 Å². The van der Waals surface area contributed by atoms with E-state index in [0.29, 0.717) is 13.2 Å². The third-order valence-corrected chi connectivity index (χ3v) is 7.47. The molecule has 0 saturated carbocycles. The van der Waals surface area contributed by atoms with Crippen LogP contribution < -0.4 is 0 Å². The van der Waals surface area contributed by atoms with Crippen molar-refractivity contribution in [3.63, 3.8) is 0 Å². The molecule has 35 heavy (non-hydrogen) atoms. The molecule has 0 fully saturated rings. The first kappa shape index (κ1) is 34.8. The Labute approximate surface area is 219 Å². The average molecular weight is 501 g/mol. The second kappa shape index (κ2) is 30.1. The molecule has 0 saturated heterocycles. The highest BCUT2D eigenvalue weighted by molar-refractivity contribution is 4.59. The molecule has 0 rings (SSSR count). The zero-order valence-corrected chi connectivity index (χ0v) is 23.4. The summed E-state index contributed by atoms with van der Waals surface area (Å²) in [5.41, 5.74) is 0. The molecule has 0 aliphatic heterocycles. The maximum absolute atomic E-state index is 10.1. The molecule has 0 aliphatic rings. The van der Waals surface area contributed by atoms with Crippen LogP contribution in [0.4, 0.5) is 0 Å². The largest absolute Gasteiger partial charge is 0.396 e. The van der Waals surface area contributed by atoms with Crippen LogP contribution in [0.3, 0.4) is 0 Å². The fourth-order valence-electron chi connectivity index (χ4n) is 5.04. The van der Waals surface area contributed by atoms with E-state index in [1.54, 1.807) is 0 Å². The number of aliphatic hydroxyl groups is 4. The summed E-state index contributed by atoms with van der Waals surface area (Å²) in [5, 5.41) is 37.7. The first-order chi connectivity index (χ1) is 17.2. The van der Waals surface area contributed by atoms with Crippen LogP contribution in [0.15, 0.2) is 0 Å². The molecule has 4 nitrogen and oxygen atoms in total. The lowest BCUT2D eigenvalue weighted by Gasteiger charge is -2.10. The van der Waals surface area contributed by atoms with E-state index in [1.807, 2.05) is 0 Å². The van der Waals surface area contributed by atoms with Crippen LogP contribution in [0.25, 0.3) is 0 Å². The van der Waals surface area contributed by atoms with Crippen molar-refractivity contribution in [3.05, 3.63) is 0 Å². The summed E-state index contributed by atoms with van der Waals surface area (Å²) in [6.07, 6.45) is 31.9. The Morgan fingerprint density at radius 1 is 0.257 bits per heavy atom. The van der Waals surface area contributed by atoms with Crippen molar-refractivity contribution in [1.29, 1.82) is 0 Å². The lowest BCUT2D eigenvalue weighted by atomic mass is 10.0. The van der Waals surface area contributed by atoms with E-state index in [4.69, 9.17) is 10.2 Å². The zero-order valence-electron chi connectivity index (χ0n) is 23.4. The quantitative estimate of drug-likeness (QED) is 0.0749. The summed E-state index contributed by atoms with van der Waals surface area (Å²) in [7, 11) is 0. The minimum Gasteiger partial charge on any atom is -0.396 e. The fraction of sp³-hybridized carbons (Fsp3) is 1.00. The van der Waals surface area contributed by atoms with Gasteiger partial charge in [0.05, 0.1) is 12.2 Å². The lowest BCUT2D eigenvalue weighted by Crippen LogP contribution is -2.05. The summed E-state index contributed by atoms with van der Waals surface area (Å²) in [5.74, 6) is 0. The maximum atomic E-state index is 10.1. The van der Waals surface area contributed by atoms with E-state index in [0.717, 1.165) is 64.2 Å². The predicted molar refractivity (Wildman–Crippen MR) is 151 cm³/mol. The van der Waals surface area contributed by atoms with E-state index in [9.17, 15) is 10.2 Å². The van der Waals surface area contributed by atoms with E-state index in [1.165, 1.54) is 109 Å². The summed E-state index contributed by atoms with van der Waals surface area (Å²) in [6.45, 7) is 0.621. The normalized spacial score (nSPS) is 13.4. The van der Waals surface area contributed by atoms with Gasteiger partial charge in [0, 0.05) is 13.2 Å². The Hall–Kier alpha value is -0.160. The molecule has 0 aromatic heterocycles. The number of rotatable bonds is 30. The Morgan fingerprint density at radius 3 is 0.629 bits per heavy atom. The van der Waals surface area contributed by atoms with Crippen molar-refractivity contribution in [3.8, 4) is 0 Å². The minimum atomic E-state index is -0.101. The van der Waals surface area contributed by atoms with Gasteiger partial charge < -0.3 is 20.4 Å². The van der Waals surface area contributed by atoms with E-state index in [-0.39, 0.29) is 12.2 Å². The third kappa shape index (κ3) is 30.0. The van der Waals surface area contributed by atoms with Gasteiger partial charge in [-0.3, -0.25) is 0 Å². The third-order valence-electron chi connectivity index (χ3n) is 7.47. The van der Waals surface area contributed by atoms with Gasteiger partial charge in [-0.15, -0.1) is 0 Å². The Bertz CT molecular complexity index is 343. The van der Waals surface area contributed by atoms with Crippen LogP contribution >= 0.6 is 0 Å². The molecule has 212 valence electrons. The summed E-state index contributed by atoms with van der Waals surface area (Å²) in [4.78, 5) is 0. The first-order valence-corrected chi connectivity index (χ1v) is 15.8. The van der Waals surface area contributed by atoms with Crippen LogP contribution in [0.2, 0.25) is 0 Å². The molecule has 4 heteroatoms. The number of aliphatic hydroxyl groups excluding tert-OH is 4. The van der Waals surface area contributed by atoms with E-state index in [2.05, 4.69) is 0 Å². The Morgan fingerprint density at radius 2 is 0.429 bits per heavy atom. The molecular formula is C31H64O4. The van der Waals surface area contributed by atoms with Crippen LogP contribution in [0.1, 0.15) is 173 Å². The van der Waals surface area contributed by atoms with Gasteiger partial charge in [-0.05, 0) is 38.5 Å². The predicted octanol–water partition coefficient (Wildman–Crippen LogP) is 8.23. The van der Waals surface area contributed by atoms with Crippen LogP contribution in [0.5, 0.6) is 0 Å². The summed E-state index contributed by atoms with van der Waals surface area (Å²) in [6, 6.07) is 0. The Kier molecular flexibility index (Phi) is 29.9.